The van der Waals surface area contributed by atoms with E-state index < -0.39 is 0 Å². The molecule has 0 radical (unpaired) electrons. The summed E-state index contributed by atoms with van der Waals surface area (Å²) in [6, 6.07) is 4.29. The number of likely N-dealkylation sites (tertiary alicyclic amines) is 1. The van der Waals surface area contributed by atoms with E-state index in [2.05, 4.69) is 22.4 Å². The lowest BCUT2D eigenvalue weighted by Crippen LogP contribution is -2.44. The van der Waals surface area contributed by atoms with Gasteiger partial charge in [-0.15, -0.1) is 11.3 Å². The van der Waals surface area contributed by atoms with Crippen LogP contribution in [0.1, 0.15) is 11.3 Å². The van der Waals surface area contributed by atoms with E-state index in [1.54, 1.807) is 7.11 Å². The Bertz CT molecular complexity index is 494. The van der Waals surface area contributed by atoms with Crippen LogP contribution >= 0.6 is 11.3 Å². The van der Waals surface area contributed by atoms with E-state index in [-0.39, 0.29) is 17.9 Å². The maximum Gasteiger partial charge on any atom is 0.248 e. The molecule has 0 aromatic carbocycles. The molecule has 22 heavy (non-hydrogen) atoms. The fraction of sp³-hybridized carbons (Fsp3) is 0.688. The van der Waals surface area contributed by atoms with Crippen molar-refractivity contribution in [3.63, 3.8) is 0 Å². The highest BCUT2D eigenvalue weighted by Crippen LogP contribution is 2.34. The quantitative estimate of drug-likeness (QED) is 0.841. The third kappa shape index (κ3) is 3.68. The van der Waals surface area contributed by atoms with Gasteiger partial charge in [-0.2, -0.15) is 0 Å². The lowest BCUT2D eigenvalue weighted by Gasteiger charge is -2.31. The molecule has 6 heteroatoms. The minimum Gasteiger partial charge on any atom is -0.379 e. The first-order valence-corrected chi connectivity index (χ1v) is 8.68. The number of hydrogen-bond donors (Lipinski definition) is 0. The molecule has 3 rings (SSSR count). The zero-order valence-corrected chi connectivity index (χ0v) is 13.9. The second-order valence-electron chi connectivity index (χ2n) is 6.34. The third-order valence-electron chi connectivity index (χ3n) is 4.54. The first-order valence-electron chi connectivity index (χ1n) is 7.80. The summed E-state index contributed by atoms with van der Waals surface area (Å²) in [5, 5.41) is 2.13. The molecule has 122 valence electrons. The lowest BCUT2D eigenvalue weighted by molar-refractivity contribution is -0.136. The van der Waals surface area contributed by atoms with Gasteiger partial charge in [-0.3, -0.25) is 9.69 Å². The molecule has 1 aromatic rings. The summed E-state index contributed by atoms with van der Waals surface area (Å²) in [5.41, 5.74) is 0.0805. The highest BCUT2D eigenvalue weighted by Gasteiger charge is 2.42. The maximum atomic E-state index is 12.2. The standard InChI is InChI=1S/C16H24N2O3S/c1-20-10-15(19)18-6-7-21-13-16(12-18)4-5-17(11-16)9-14-3-2-8-22-14/h2-3,8H,4-7,9-13H2,1H3/t16-/m0/s1. The van der Waals surface area contributed by atoms with E-state index in [1.807, 2.05) is 16.2 Å². The van der Waals surface area contributed by atoms with Crippen LogP contribution in [0.5, 0.6) is 0 Å². The van der Waals surface area contributed by atoms with Crippen LogP contribution in [0, 0.1) is 5.41 Å². The zero-order chi connectivity index (χ0) is 15.4. The van der Waals surface area contributed by atoms with Crippen molar-refractivity contribution in [1.82, 2.24) is 9.80 Å². The number of carbonyl (C=O) groups is 1. The van der Waals surface area contributed by atoms with Gasteiger partial charge in [0.15, 0.2) is 0 Å². The van der Waals surface area contributed by atoms with Gasteiger partial charge in [0, 0.05) is 43.6 Å². The van der Waals surface area contributed by atoms with Crippen molar-refractivity contribution in [2.24, 2.45) is 5.41 Å². The van der Waals surface area contributed by atoms with Gasteiger partial charge in [0.1, 0.15) is 6.61 Å². The Morgan fingerprint density at radius 1 is 1.45 bits per heavy atom. The molecule has 0 saturated carbocycles. The van der Waals surface area contributed by atoms with Crippen LogP contribution in [-0.4, -0.2) is 68.8 Å². The van der Waals surface area contributed by atoms with Gasteiger partial charge in [-0.05, 0) is 24.4 Å². The summed E-state index contributed by atoms with van der Waals surface area (Å²) in [6.07, 6.45) is 1.09. The van der Waals surface area contributed by atoms with Crippen LogP contribution in [0.15, 0.2) is 17.5 Å². The second kappa shape index (κ2) is 7.08. The van der Waals surface area contributed by atoms with Crippen LogP contribution in [0.25, 0.3) is 0 Å². The number of amides is 1. The third-order valence-corrected chi connectivity index (χ3v) is 5.40. The molecule has 0 aliphatic carbocycles. The summed E-state index contributed by atoms with van der Waals surface area (Å²) < 4.78 is 10.8. The number of carbonyl (C=O) groups excluding carboxylic acids is 1. The Balaban J connectivity index is 1.63. The summed E-state index contributed by atoms with van der Waals surface area (Å²) >= 11 is 1.81. The number of hydrogen-bond acceptors (Lipinski definition) is 5. The SMILES string of the molecule is COCC(=O)N1CCOC[C@]2(CCN(Cc3cccs3)C2)C1. The Hall–Kier alpha value is -0.950. The first kappa shape index (κ1) is 15.9. The average Bonchev–Trinajstić information content (AvgIpc) is 3.08. The predicted molar refractivity (Wildman–Crippen MR) is 85.9 cm³/mol. The van der Waals surface area contributed by atoms with Crippen molar-refractivity contribution in [3.05, 3.63) is 22.4 Å². The van der Waals surface area contributed by atoms with Crippen molar-refractivity contribution in [2.75, 3.05) is 53.1 Å². The fourth-order valence-electron chi connectivity index (χ4n) is 3.45. The molecule has 0 N–H and O–H groups in total. The summed E-state index contributed by atoms with van der Waals surface area (Å²) in [4.78, 5) is 18.0. The lowest BCUT2D eigenvalue weighted by atomic mass is 9.87. The maximum absolute atomic E-state index is 12.2. The molecule has 2 aliphatic rings. The van der Waals surface area contributed by atoms with Gasteiger partial charge in [0.25, 0.3) is 0 Å². The Morgan fingerprint density at radius 3 is 3.14 bits per heavy atom. The van der Waals surface area contributed by atoms with Crippen LogP contribution in [0.2, 0.25) is 0 Å². The topological polar surface area (TPSA) is 42.0 Å². The molecular formula is C16H24N2O3S. The minimum atomic E-state index is 0.0732. The number of nitrogens with zero attached hydrogens (tertiary/aromatic N) is 2. The molecule has 2 aliphatic heterocycles. The molecule has 1 aromatic heterocycles. The van der Waals surface area contributed by atoms with E-state index in [0.29, 0.717) is 13.2 Å². The molecule has 2 fully saturated rings. The summed E-state index contributed by atoms with van der Waals surface area (Å²) in [7, 11) is 1.57. The molecule has 1 spiro atoms. The molecular weight excluding hydrogens is 300 g/mol. The van der Waals surface area contributed by atoms with E-state index in [4.69, 9.17) is 9.47 Å². The second-order valence-corrected chi connectivity index (χ2v) is 7.37. The van der Waals surface area contributed by atoms with Crippen LogP contribution in [0.4, 0.5) is 0 Å². The fourth-order valence-corrected chi connectivity index (χ4v) is 4.20. The highest BCUT2D eigenvalue weighted by molar-refractivity contribution is 7.09. The van der Waals surface area contributed by atoms with E-state index in [9.17, 15) is 4.79 Å². The zero-order valence-electron chi connectivity index (χ0n) is 13.1. The number of thiophene rings is 1. The van der Waals surface area contributed by atoms with E-state index >= 15 is 0 Å². The molecule has 3 heterocycles. The first-order chi connectivity index (χ1) is 10.7. The Morgan fingerprint density at radius 2 is 2.36 bits per heavy atom. The number of ether oxygens (including phenoxy) is 2. The van der Waals surface area contributed by atoms with Gasteiger partial charge in [-0.1, -0.05) is 6.07 Å². The highest BCUT2D eigenvalue weighted by atomic mass is 32.1. The average molecular weight is 324 g/mol. The number of methoxy groups -OCH3 is 1. The van der Waals surface area contributed by atoms with Crippen molar-refractivity contribution in [3.8, 4) is 0 Å². The van der Waals surface area contributed by atoms with Gasteiger partial charge < -0.3 is 14.4 Å². The molecule has 5 nitrogen and oxygen atoms in total. The van der Waals surface area contributed by atoms with Crippen molar-refractivity contribution < 1.29 is 14.3 Å². The van der Waals surface area contributed by atoms with Crippen LogP contribution in [-0.2, 0) is 20.8 Å². The summed E-state index contributed by atoms with van der Waals surface area (Å²) in [6.45, 7) is 6.09. The number of rotatable bonds is 4. The normalized spacial score (nSPS) is 26.5. The molecule has 1 atom stereocenters. The molecule has 0 bridgehead atoms. The van der Waals surface area contributed by atoms with E-state index in [1.165, 1.54) is 4.88 Å². The predicted octanol–water partition coefficient (Wildman–Crippen LogP) is 1.45. The van der Waals surface area contributed by atoms with Crippen molar-refractivity contribution in [2.45, 2.75) is 13.0 Å². The van der Waals surface area contributed by atoms with E-state index in [0.717, 1.165) is 39.2 Å². The monoisotopic (exact) mass is 324 g/mol. The van der Waals surface area contributed by atoms with Gasteiger partial charge in [0.2, 0.25) is 5.91 Å². The van der Waals surface area contributed by atoms with Crippen molar-refractivity contribution in [1.29, 1.82) is 0 Å². The smallest absolute Gasteiger partial charge is 0.248 e. The molecule has 2 saturated heterocycles. The molecule has 0 unspecified atom stereocenters. The van der Waals surface area contributed by atoms with Crippen molar-refractivity contribution >= 4 is 17.2 Å². The minimum absolute atomic E-state index is 0.0732. The Kier molecular flexibility index (Phi) is 5.13. The molecule has 1 amide bonds. The van der Waals surface area contributed by atoms with Gasteiger partial charge in [-0.25, -0.2) is 0 Å². The van der Waals surface area contributed by atoms with Crippen LogP contribution < -0.4 is 0 Å². The van der Waals surface area contributed by atoms with Crippen LogP contribution in [0.3, 0.4) is 0 Å². The largest absolute Gasteiger partial charge is 0.379 e. The summed E-state index contributed by atoms with van der Waals surface area (Å²) in [5.74, 6) is 0.0732. The van der Waals surface area contributed by atoms with Gasteiger partial charge in [0.05, 0.1) is 13.2 Å². The van der Waals surface area contributed by atoms with Gasteiger partial charge >= 0.3 is 0 Å². The Labute approximate surface area is 135 Å².